The normalized spacial score (nSPS) is 11.3. The number of nitrogens with one attached hydrogen (secondary N) is 1. The summed E-state index contributed by atoms with van der Waals surface area (Å²) < 4.78 is 10.2. The molecule has 0 saturated heterocycles. The molecule has 7 nitrogen and oxygen atoms in total. The SMILES string of the molecule is COC(=O)c1ccc(O[C@H](C)C(=O)N(C)CC(=O)Nc2ccc(C)cc2)cc1. The smallest absolute Gasteiger partial charge is 0.337 e. The molecule has 28 heavy (non-hydrogen) atoms. The van der Waals surface area contributed by atoms with E-state index in [1.54, 1.807) is 43.3 Å². The van der Waals surface area contributed by atoms with E-state index in [1.165, 1.54) is 19.1 Å². The van der Waals surface area contributed by atoms with Gasteiger partial charge in [0.25, 0.3) is 5.91 Å². The van der Waals surface area contributed by atoms with Gasteiger partial charge >= 0.3 is 5.97 Å². The van der Waals surface area contributed by atoms with Crippen LogP contribution in [0.2, 0.25) is 0 Å². The molecule has 148 valence electrons. The maximum absolute atomic E-state index is 12.4. The number of hydrogen-bond acceptors (Lipinski definition) is 5. The molecule has 0 fully saturated rings. The van der Waals surface area contributed by atoms with Crippen molar-refractivity contribution in [2.24, 2.45) is 0 Å². The zero-order chi connectivity index (χ0) is 20.7. The number of amides is 2. The lowest BCUT2D eigenvalue weighted by Crippen LogP contribution is -2.41. The summed E-state index contributed by atoms with van der Waals surface area (Å²) in [7, 11) is 2.84. The Morgan fingerprint density at radius 2 is 1.64 bits per heavy atom. The first-order chi connectivity index (χ1) is 13.3. The Morgan fingerprint density at radius 1 is 1.04 bits per heavy atom. The predicted molar refractivity (Wildman–Crippen MR) is 105 cm³/mol. The first-order valence-electron chi connectivity index (χ1n) is 8.76. The molecule has 0 radical (unpaired) electrons. The van der Waals surface area contributed by atoms with Gasteiger partial charge in [-0.3, -0.25) is 9.59 Å². The van der Waals surface area contributed by atoms with Crippen LogP contribution in [0.15, 0.2) is 48.5 Å². The minimum atomic E-state index is -0.791. The van der Waals surface area contributed by atoms with Gasteiger partial charge in [0.1, 0.15) is 5.75 Å². The molecular weight excluding hydrogens is 360 g/mol. The van der Waals surface area contributed by atoms with Crippen molar-refractivity contribution in [3.05, 3.63) is 59.7 Å². The fourth-order valence-electron chi connectivity index (χ4n) is 2.48. The molecule has 2 aromatic rings. The molecule has 1 N–H and O–H groups in total. The van der Waals surface area contributed by atoms with Crippen LogP contribution in [0.3, 0.4) is 0 Å². The molecule has 0 aliphatic rings. The number of hydrogen-bond donors (Lipinski definition) is 1. The number of likely N-dealkylation sites (N-methyl/N-ethyl adjacent to an activating group) is 1. The van der Waals surface area contributed by atoms with Gasteiger partial charge in [-0.2, -0.15) is 0 Å². The summed E-state index contributed by atoms with van der Waals surface area (Å²) in [5, 5.41) is 2.75. The second-order valence-electron chi connectivity index (χ2n) is 6.38. The van der Waals surface area contributed by atoms with Crippen molar-refractivity contribution < 1.29 is 23.9 Å². The topological polar surface area (TPSA) is 84.9 Å². The Kier molecular flexibility index (Phi) is 7.14. The number of rotatable bonds is 7. The number of benzene rings is 2. The van der Waals surface area contributed by atoms with Gasteiger partial charge in [0.15, 0.2) is 6.10 Å². The zero-order valence-corrected chi connectivity index (χ0v) is 16.4. The Balaban J connectivity index is 1.88. The number of anilines is 1. The van der Waals surface area contributed by atoms with Gasteiger partial charge in [0.2, 0.25) is 5.91 Å². The molecule has 0 aromatic heterocycles. The largest absolute Gasteiger partial charge is 0.481 e. The summed E-state index contributed by atoms with van der Waals surface area (Å²) in [5.74, 6) is -0.647. The molecule has 1 atom stereocenters. The highest BCUT2D eigenvalue weighted by molar-refractivity contribution is 5.95. The second-order valence-corrected chi connectivity index (χ2v) is 6.38. The quantitative estimate of drug-likeness (QED) is 0.742. The van der Waals surface area contributed by atoms with Crippen LogP contribution in [-0.4, -0.2) is 49.5 Å². The van der Waals surface area contributed by atoms with Crippen LogP contribution in [0.1, 0.15) is 22.8 Å². The van der Waals surface area contributed by atoms with Crippen molar-refractivity contribution in [2.75, 3.05) is 26.0 Å². The molecule has 0 bridgehead atoms. The molecule has 2 rings (SSSR count). The molecule has 0 aliphatic carbocycles. The third-order valence-corrected chi connectivity index (χ3v) is 4.03. The average molecular weight is 384 g/mol. The van der Waals surface area contributed by atoms with Crippen LogP contribution in [0.25, 0.3) is 0 Å². The standard InChI is InChI=1S/C21H24N2O5/c1-14-5-9-17(10-6-14)22-19(24)13-23(3)20(25)15(2)28-18-11-7-16(8-12-18)21(26)27-4/h5-12,15H,13H2,1-4H3,(H,22,24)/t15-/m1/s1. The lowest BCUT2D eigenvalue weighted by atomic mass is 10.2. The first kappa shape index (κ1) is 21.0. The van der Waals surface area contributed by atoms with Crippen LogP contribution in [-0.2, 0) is 14.3 Å². The van der Waals surface area contributed by atoms with E-state index in [0.29, 0.717) is 17.0 Å². The van der Waals surface area contributed by atoms with Gasteiger partial charge in [-0.15, -0.1) is 0 Å². The number of methoxy groups -OCH3 is 1. The Labute approximate surface area is 164 Å². The highest BCUT2D eigenvalue weighted by atomic mass is 16.5. The van der Waals surface area contributed by atoms with Crippen LogP contribution in [0.4, 0.5) is 5.69 Å². The third-order valence-electron chi connectivity index (χ3n) is 4.03. The average Bonchev–Trinajstić information content (AvgIpc) is 2.68. The van der Waals surface area contributed by atoms with Crippen LogP contribution in [0.5, 0.6) is 5.75 Å². The number of aryl methyl sites for hydroxylation is 1. The molecule has 2 aromatic carbocycles. The van der Waals surface area contributed by atoms with Gasteiger partial charge in [-0.25, -0.2) is 4.79 Å². The summed E-state index contributed by atoms with van der Waals surface area (Å²) in [6.45, 7) is 3.47. The molecular formula is C21H24N2O5. The second kappa shape index (κ2) is 9.55. The Hall–Kier alpha value is -3.35. The van der Waals surface area contributed by atoms with Crippen LogP contribution < -0.4 is 10.1 Å². The van der Waals surface area contributed by atoms with E-state index in [1.807, 2.05) is 19.1 Å². The maximum Gasteiger partial charge on any atom is 0.337 e. The van der Waals surface area contributed by atoms with Crippen molar-refractivity contribution in [3.63, 3.8) is 0 Å². The maximum atomic E-state index is 12.4. The minimum absolute atomic E-state index is 0.0955. The summed E-state index contributed by atoms with van der Waals surface area (Å²) in [5.41, 5.74) is 2.15. The molecule has 7 heteroatoms. The van der Waals surface area contributed by atoms with Crippen molar-refractivity contribution in [1.82, 2.24) is 4.90 Å². The van der Waals surface area contributed by atoms with Gasteiger partial charge in [0.05, 0.1) is 19.2 Å². The molecule has 0 spiro atoms. The predicted octanol–water partition coefficient (Wildman–Crippen LogP) is 2.65. The highest BCUT2D eigenvalue weighted by Gasteiger charge is 2.21. The van der Waals surface area contributed by atoms with Gasteiger partial charge in [0, 0.05) is 12.7 Å². The molecule has 0 heterocycles. The first-order valence-corrected chi connectivity index (χ1v) is 8.76. The van der Waals surface area contributed by atoms with Gasteiger partial charge in [-0.1, -0.05) is 17.7 Å². The van der Waals surface area contributed by atoms with Crippen molar-refractivity contribution in [3.8, 4) is 5.75 Å². The third kappa shape index (κ3) is 5.84. The van der Waals surface area contributed by atoms with E-state index >= 15 is 0 Å². The van der Waals surface area contributed by atoms with Crippen LogP contribution >= 0.6 is 0 Å². The summed E-state index contributed by atoms with van der Waals surface area (Å²) in [6.07, 6.45) is -0.791. The van der Waals surface area contributed by atoms with E-state index in [0.717, 1.165) is 5.56 Å². The Morgan fingerprint density at radius 3 is 2.21 bits per heavy atom. The van der Waals surface area contributed by atoms with E-state index in [9.17, 15) is 14.4 Å². The number of carbonyl (C=O) groups excluding carboxylic acids is 3. The number of nitrogens with zero attached hydrogens (tertiary/aromatic N) is 1. The van der Waals surface area contributed by atoms with Crippen LogP contribution in [0, 0.1) is 6.92 Å². The summed E-state index contributed by atoms with van der Waals surface area (Å²) in [6, 6.07) is 13.7. The van der Waals surface area contributed by atoms with E-state index in [4.69, 9.17) is 4.74 Å². The van der Waals surface area contributed by atoms with Crippen molar-refractivity contribution in [2.45, 2.75) is 20.0 Å². The highest BCUT2D eigenvalue weighted by Crippen LogP contribution is 2.15. The van der Waals surface area contributed by atoms with E-state index in [2.05, 4.69) is 10.1 Å². The minimum Gasteiger partial charge on any atom is -0.481 e. The molecule has 0 aliphatic heterocycles. The molecule has 0 saturated carbocycles. The fraction of sp³-hybridized carbons (Fsp3) is 0.286. The lowest BCUT2D eigenvalue weighted by molar-refractivity contribution is -0.139. The Bertz CT molecular complexity index is 831. The fourth-order valence-corrected chi connectivity index (χ4v) is 2.48. The molecule has 0 unspecified atom stereocenters. The van der Waals surface area contributed by atoms with Gasteiger partial charge < -0.3 is 19.7 Å². The zero-order valence-electron chi connectivity index (χ0n) is 16.4. The summed E-state index contributed by atoms with van der Waals surface area (Å²) in [4.78, 5) is 37.3. The number of esters is 1. The molecule has 2 amide bonds. The lowest BCUT2D eigenvalue weighted by Gasteiger charge is -2.22. The van der Waals surface area contributed by atoms with E-state index in [-0.39, 0.29) is 18.4 Å². The number of carbonyl (C=O) groups is 3. The monoisotopic (exact) mass is 384 g/mol. The van der Waals surface area contributed by atoms with E-state index < -0.39 is 12.1 Å². The van der Waals surface area contributed by atoms with Gasteiger partial charge in [-0.05, 0) is 50.2 Å². The van der Waals surface area contributed by atoms with Crippen molar-refractivity contribution in [1.29, 1.82) is 0 Å². The number of ether oxygens (including phenoxy) is 2. The summed E-state index contributed by atoms with van der Waals surface area (Å²) >= 11 is 0. The van der Waals surface area contributed by atoms with Crippen molar-refractivity contribution >= 4 is 23.5 Å².